The molecular formula is C20H24N4O3. The Labute approximate surface area is 158 Å². The minimum Gasteiger partial charge on any atom is -0.497 e. The van der Waals surface area contributed by atoms with Gasteiger partial charge in [-0.3, -0.25) is 9.59 Å². The first-order chi connectivity index (χ1) is 13.2. The van der Waals surface area contributed by atoms with E-state index >= 15 is 0 Å². The zero-order valence-corrected chi connectivity index (χ0v) is 15.5. The maximum atomic E-state index is 12.9. The van der Waals surface area contributed by atoms with Crippen LogP contribution in [0, 0.1) is 0 Å². The lowest BCUT2D eigenvalue weighted by atomic mass is 10.1. The molecule has 27 heavy (non-hydrogen) atoms. The molecule has 1 fully saturated rings. The van der Waals surface area contributed by atoms with E-state index in [2.05, 4.69) is 10.3 Å². The van der Waals surface area contributed by atoms with E-state index in [-0.39, 0.29) is 11.8 Å². The highest BCUT2D eigenvalue weighted by atomic mass is 16.5. The van der Waals surface area contributed by atoms with E-state index in [4.69, 9.17) is 4.74 Å². The van der Waals surface area contributed by atoms with Crippen molar-refractivity contribution in [1.82, 2.24) is 14.5 Å². The predicted octanol–water partition coefficient (Wildman–Crippen LogP) is 2.72. The smallest absolute Gasteiger partial charge is 0.289 e. The molecule has 1 aromatic carbocycles. The van der Waals surface area contributed by atoms with Crippen LogP contribution in [0.1, 0.15) is 52.5 Å². The third-order valence-electron chi connectivity index (χ3n) is 5.25. The predicted molar refractivity (Wildman–Crippen MR) is 101 cm³/mol. The molecule has 0 aliphatic carbocycles. The van der Waals surface area contributed by atoms with E-state index in [1.807, 2.05) is 21.6 Å². The zero-order valence-electron chi connectivity index (χ0n) is 15.5. The fraction of sp³-hybridized carbons (Fsp3) is 0.450. The molecule has 0 radical (unpaired) electrons. The van der Waals surface area contributed by atoms with Gasteiger partial charge in [-0.15, -0.1) is 0 Å². The Morgan fingerprint density at radius 2 is 1.89 bits per heavy atom. The standard InChI is InChI=1S/C20H24N4O3/c1-27-15-8-6-7-14(13-15)21-19(25)17-16-9-2-3-12-24(16)18(22-17)20(26)23-10-4-5-11-23/h6-8,13H,2-5,9-12H2,1H3,(H,21,25). The number of carbonyl (C=O) groups excluding carboxylic acids is 2. The Kier molecular flexibility index (Phi) is 4.83. The summed E-state index contributed by atoms with van der Waals surface area (Å²) >= 11 is 0. The van der Waals surface area contributed by atoms with Crippen LogP contribution in [0.25, 0.3) is 0 Å². The number of imidazole rings is 1. The van der Waals surface area contributed by atoms with Gasteiger partial charge in [0.25, 0.3) is 11.8 Å². The Bertz CT molecular complexity index is 868. The van der Waals surface area contributed by atoms with Crippen molar-refractivity contribution in [1.29, 1.82) is 0 Å². The highest BCUT2D eigenvalue weighted by Crippen LogP contribution is 2.24. The van der Waals surface area contributed by atoms with Gasteiger partial charge in [-0.05, 0) is 44.2 Å². The summed E-state index contributed by atoms with van der Waals surface area (Å²) in [5, 5.41) is 2.89. The van der Waals surface area contributed by atoms with Gasteiger partial charge < -0.3 is 19.5 Å². The van der Waals surface area contributed by atoms with E-state index < -0.39 is 0 Å². The van der Waals surface area contributed by atoms with E-state index in [1.165, 1.54) is 0 Å². The fourth-order valence-corrected chi connectivity index (χ4v) is 3.84. The number of ether oxygens (including phenoxy) is 1. The number of carbonyl (C=O) groups is 2. The van der Waals surface area contributed by atoms with Crippen LogP contribution in [0.15, 0.2) is 24.3 Å². The van der Waals surface area contributed by atoms with Crippen molar-refractivity contribution in [2.24, 2.45) is 0 Å². The first-order valence-electron chi connectivity index (χ1n) is 9.51. The second-order valence-corrected chi connectivity index (χ2v) is 7.02. The molecule has 142 valence electrons. The van der Waals surface area contributed by atoms with Crippen LogP contribution in [0.2, 0.25) is 0 Å². The van der Waals surface area contributed by atoms with Crippen molar-refractivity contribution in [3.8, 4) is 5.75 Å². The molecule has 0 saturated carbocycles. The number of fused-ring (bicyclic) bond motifs is 1. The van der Waals surface area contributed by atoms with Crippen LogP contribution in [0.4, 0.5) is 5.69 Å². The van der Waals surface area contributed by atoms with Gasteiger partial charge in [0.2, 0.25) is 0 Å². The minimum absolute atomic E-state index is 0.0592. The second-order valence-electron chi connectivity index (χ2n) is 7.02. The first kappa shape index (κ1) is 17.6. The molecular weight excluding hydrogens is 344 g/mol. The summed E-state index contributed by atoms with van der Waals surface area (Å²) in [6, 6.07) is 7.20. The molecule has 1 aromatic heterocycles. The number of likely N-dealkylation sites (tertiary alicyclic amines) is 1. The number of hydrogen-bond acceptors (Lipinski definition) is 4. The number of nitrogens with one attached hydrogen (secondary N) is 1. The van der Waals surface area contributed by atoms with E-state index in [0.717, 1.165) is 57.4 Å². The quantitative estimate of drug-likeness (QED) is 0.900. The molecule has 1 N–H and O–H groups in total. The summed E-state index contributed by atoms with van der Waals surface area (Å²) in [5.41, 5.74) is 1.87. The highest BCUT2D eigenvalue weighted by molar-refractivity contribution is 6.05. The van der Waals surface area contributed by atoms with Gasteiger partial charge in [-0.1, -0.05) is 6.07 Å². The molecule has 4 rings (SSSR count). The van der Waals surface area contributed by atoms with Crippen molar-refractivity contribution in [3.05, 3.63) is 41.5 Å². The summed E-state index contributed by atoms with van der Waals surface area (Å²) in [7, 11) is 1.59. The van der Waals surface area contributed by atoms with Gasteiger partial charge in [0, 0.05) is 31.4 Å². The molecule has 3 heterocycles. The molecule has 2 aromatic rings. The van der Waals surface area contributed by atoms with Crippen LogP contribution < -0.4 is 10.1 Å². The number of rotatable bonds is 4. The summed E-state index contributed by atoms with van der Waals surface area (Å²) in [4.78, 5) is 32.1. The monoisotopic (exact) mass is 368 g/mol. The molecule has 2 amide bonds. The SMILES string of the molecule is COc1cccc(NC(=O)c2nc(C(=O)N3CCCC3)n3c2CCCC3)c1. The molecule has 0 bridgehead atoms. The lowest BCUT2D eigenvalue weighted by molar-refractivity contribution is 0.0774. The molecule has 0 atom stereocenters. The average molecular weight is 368 g/mol. The lowest BCUT2D eigenvalue weighted by Crippen LogP contribution is -2.31. The van der Waals surface area contributed by atoms with Gasteiger partial charge in [-0.25, -0.2) is 4.98 Å². The van der Waals surface area contributed by atoms with Crippen LogP contribution >= 0.6 is 0 Å². The maximum absolute atomic E-state index is 12.9. The number of anilines is 1. The number of nitrogens with zero attached hydrogens (tertiary/aromatic N) is 3. The molecule has 0 unspecified atom stereocenters. The van der Waals surface area contributed by atoms with Gasteiger partial charge in [0.1, 0.15) is 5.75 Å². The van der Waals surface area contributed by atoms with E-state index in [1.54, 1.807) is 19.2 Å². The Balaban J connectivity index is 1.63. The fourth-order valence-electron chi connectivity index (χ4n) is 3.84. The van der Waals surface area contributed by atoms with E-state index in [0.29, 0.717) is 23.0 Å². The number of amides is 2. The number of hydrogen-bond donors (Lipinski definition) is 1. The summed E-state index contributed by atoms with van der Waals surface area (Å²) in [6.45, 7) is 2.28. The largest absolute Gasteiger partial charge is 0.497 e. The molecule has 2 aliphatic heterocycles. The summed E-state index contributed by atoms with van der Waals surface area (Å²) in [5.74, 6) is 0.734. The highest BCUT2D eigenvalue weighted by Gasteiger charge is 2.30. The average Bonchev–Trinajstić information content (AvgIpc) is 3.36. The summed E-state index contributed by atoms with van der Waals surface area (Å²) < 4.78 is 7.15. The van der Waals surface area contributed by atoms with Crippen LogP contribution in [-0.4, -0.2) is 46.5 Å². The minimum atomic E-state index is -0.283. The van der Waals surface area contributed by atoms with Crippen molar-refractivity contribution in [2.45, 2.75) is 38.6 Å². The van der Waals surface area contributed by atoms with Crippen molar-refractivity contribution < 1.29 is 14.3 Å². The first-order valence-corrected chi connectivity index (χ1v) is 9.51. The third kappa shape index (κ3) is 3.41. The van der Waals surface area contributed by atoms with Crippen molar-refractivity contribution >= 4 is 17.5 Å². The summed E-state index contributed by atoms with van der Waals surface area (Å²) in [6.07, 6.45) is 4.83. The Hall–Kier alpha value is -2.83. The molecule has 0 spiro atoms. The zero-order chi connectivity index (χ0) is 18.8. The van der Waals surface area contributed by atoms with Gasteiger partial charge in [-0.2, -0.15) is 0 Å². The molecule has 2 aliphatic rings. The molecule has 1 saturated heterocycles. The molecule has 7 nitrogen and oxygen atoms in total. The van der Waals surface area contributed by atoms with Gasteiger partial charge in [0.15, 0.2) is 11.5 Å². The van der Waals surface area contributed by atoms with E-state index in [9.17, 15) is 9.59 Å². The van der Waals surface area contributed by atoms with Gasteiger partial charge in [0.05, 0.1) is 12.8 Å². The van der Waals surface area contributed by atoms with Crippen LogP contribution in [-0.2, 0) is 13.0 Å². The number of benzene rings is 1. The lowest BCUT2D eigenvalue weighted by Gasteiger charge is -2.19. The Morgan fingerprint density at radius 3 is 2.67 bits per heavy atom. The maximum Gasteiger partial charge on any atom is 0.289 e. The van der Waals surface area contributed by atoms with Crippen LogP contribution in [0.3, 0.4) is 0 Å². The normalized spacial score (nSPS) is 16.1. The van der Waals surface area contributed by atoms with Crippen LogP contribution in [0.5, 0.6) is 5.75 Å². The topological polar surface area (TPSA) is 76.5 Å². The van der Waals surface area contributed by atoms with Gasteiger partial charge >= 0.3 is 0 Å². The second kappa shape index (κ2) is 7.42. The van der Waals surface area contributed by atoms with Crippen molar-refractivity contribution in [2.75, 3.05) is 25.5 Å². The third-order valence-corrected chi connectivity index (χ3v) is 5.25. The van der Waals surface area contributed by atoms with Crippen molar-refractivity contribution in [3.63, 3.8) is 0 Å². The number of methoxy groups -OCH3 is 1. The number of aromatic nitrogens is 2. The Morgan fingerprint density at radius 1 is 1.11 bits per heavy atom. The molecule has 7 heteroatoms.